The predicted octanol–water partition coefficient (Wildman–Crippen LogP) is 4.90. The van der Waals surface area contributed by atoms with E-state index in [-0.39, 0.29) is 0 Å². The van der Waals surface area contributed by atoms with Gasteiger partial charge in [0.1, 0.15) is 0 Å². The smallest absolute Gasteiger partial charge is 0.0465 e. The van der Waals surface area contributed by atoms with Crippen molar-refractivity contribution < 1.29 is 0 Å². The molecule has 0 aliphatic heterocycles. The Hall–Kier alpha value is 0.660. The third kappa shape index (κ3) is 1.64. The summed E-state index contributed by atoms with van der Waals surface area (Å²) in [4.78, 5) is 0. The minimum atomic E-state index is 1.10. The van der Waals surface area contributed by atoms with E-state index in [4.69, 9.17) is 0 Å². The lowest BCUT2D eigenvalue weighted by molar-refractivity contribution is 1.22. The van der Waals surface area contributed by atoms with Crippen molar-refractivity contribution in [3.63, 3.8) is 0 Å². The van der Waals surface area contributed by atoms with E-state index < -0.39 is 0 Å². The molecule has 0 aliphatic carbocycles. The molecule has 0 aromatic heterocycles. The highest BCUT2D eigenvalue weighted by atomic mass is 79.9. The SMILES string of the molecule is Cc1c(C)c(Br)c(Br)c(Br)c1C. The van der Waals surface area contributed by atoms with Gasteiger partial charge in [0.2, 0.25) is 0 Å². The fourth-order valence-electron chi connectivity index (χ4n) is 1.04. The van der Waals surface area contributed by atoms with Gasteiger partial charge in [-0.25, -0.2) is 0 Å². The maximum atomic E-state index is 3.54. The van der Waals surface area contributed by atoms with E-state index in [0.717, 1.165) is 13.4 Å². The molecular weight excluding hydrogens is 348 g/mol. The van der Waals surface area contributed by atoms with Gasteiger partial charge in [0.15, 0.2) is 0 Å². The lowest BCUT2D eigenvalue weighted by atomic mass is 10.1. The zero-order chi connectivity index (χ0) is 9.46. The van der Waals surface area contributed by atoms with Gasteiger partial charge in [0, 0.05) is 13.4 Å². The van der Waals surface area contributed by atoms with E-state index >= 15 is 0 Å². The molecule has 1 aromatic rings. The van der Waals surface area contributed by atoms with Crippen molar-refractivity contribution >= 4 is 47.8 Å². The highest BCUT2D eigenvalue weighted by Crippen LogP contribution is 2.38. The Morgan fingerprint density at radius 1 is 0.583 bits per heavy atom. The van der Waals surface area contributed by atoms with E-state index in [0.29, 0.717) is 0 Å². The average molecular weight is 357 g/mol. The summed E-state index contributed by atoms with van der Waals surface area (Å²) in [6.07, 6.45) is 0. The standard InChI is InChI=1S/C9H9Br3/c1-4-5(2)7(10)9(12)8(11)6(4)3/h1-3H3. The molecule has 0 atom stereocenters. The molecule has 0 saturated carbocycles. The van der Waals surface area contributed by atoms with Gasteiger partial charge < -0.3 is 0 Å². The first kappa shape index (κ1) is 10.7. The predicted molar refractivity (Wildman–Crippen MR) is 63.8 cm³/mol. The van der Waals surface area contributed by atoms with Crippen LogP contribution in [-0.4, -0.2) is 0 Å². The van der Waals surface area contributed by atoms with Gasteiger partial charge in [0.05, 0.1) is 0 Å². The maximum absolute atomic E-state index is 3.54. The summed E-state index contributed by atoms with van der Waals surface area (Å²) in [5.41, 5.74) is 3.92. The summed E-state index contributed by atoms with van der Waals surface area (Å²) >= 11 is 10.6. The molecule has 0 spiro atoms. The van der Waals surface area contributed by atoms with E-state index in [1.54, 1.807) is 0 Å². The number of hydrogen-bond donors (Lipinski definition) is 0. The quantitative estimate of drug-likeness (QED) is 0.580. The molecule has 12 heavy (non-hydrogen) atoms. The Morgan fingerprint density at radius 2 is 0.917 bits per heavy atom. The van der Waals surface area contributed by atoms with Gasteiger partial charge >= 0.3 is 0 Å². The minimum Gasteiger partial charge on any atom is -0.0493 e. The summed E-state index contributed by atoms with van der Waals surface area (Å²) in [7, 11) is 0. The van der Waals surface area contributed by atoms with Gasteiger partial charge in [-0.15, -0.1) is 0 Å². The molecule has 3 heteroatoms. The van der Waals surface area contributed by atoms with Crippen LogP contribution in [0.1, 0.15) is 16.7 Å². The van der Waals surface area contributed by atoms with Crippen LogP contribution in [0.5, 0.6) is 0 Å². The van der Waals surface area contributed by atoms with Gasteiger partial charge in [-0.1, -0.05) is 0 Å². The molecule has 0 radical (unpaired) electrons. The minimum absolute atomic E-state index is 1.10. The Morgan fingerprint density at radius 3 is 1.25 bits per heavy atom. The Bertz CT molecular complexity index is 224. The Labute approximate surface area is 98.1 Å². The van der Waals surface area contributed by atoms with Crippen molar-refractivity contribution in [1.29, 1.82) is 0 Å². The van der Waals surface area contributed by atoms with Crippen LogP contribution in [0.25, 0.3) is 0 Å². The van der Waals surface area contributed by atoms with Crippen molar-refractivity contribution in [2.75, 3.05) is 0 Å². The first-order valence-electron chi connectivity index (χ1n) is 3.57. The van der Waals surface area contributed by atoms with Crippen LogP contribution in [0, 0.1) is 20.8 Å². The van der Waals surface area contributed by atoms with Crippen molar-refractivity contribution in [2.45, 2.75) is 20.8 Å². The van der Waals surface area contributed by atoms with Gasteiger partial charge in [-0.2, -0.15) is 0 Å². The molecule has 66 valence electrons. The van der Waals surface area contributed by atoms with E-state index in [1.165, 1.54) is 16.7 Å². The summed E-state index contributed by atoms with van der Waals surface area (Å²) < 4.78 is 3.37. The van der Waals surface area contributed by atoms with Crippen molar-refractivity contribution in [3.8, 4) is 0 Å². The fraction of sp³-hybridized carbons (Fsp3) is 0.333. The molecule has 1 aromatic carbocycles. The molecule has 0 bridgehead atoms. The second kappa shape index (κ2) is 3.81. The topological polar surface area (TPSA) is 0 Å². The molecule has 0 heterocycles. The first-order valence-corrected chi connectivity index (χ1v) is 5.95. The lowest BCUT2D eigenvalue weighted by Crippen LogP contribution is -1.91. The number of halogens is 3. The van der Waals surface area contributed by atoms with Crippen LogP contribution >= 0.6 is 47.8 Å². The molecule has 1 rings (SSSR count). The zero-order valence-corrected chi connectivity index (χ0v) is 11.9. The molecule has 0 N–H and O–H groups in total. The molecule has 0 fully saturated rings. The molecule has 0 amide bonds. The monoisotopic (exact) mass is 354 g/mol. The van der Waals surface area contributed by atoms with E-state index in [9.17, 15) is 0 Å². The summed E-state index contributed by atoms with van der Waals surface area (Å²) in [6.45, 7) is 6.36. The summed E-state index contributed by atoms with van der Waals surface area (Å²) in [6, 6.07) is 0. The Balaban J connectivity index is 3.60. The third-order valence-electron chi connectivity index (χ3n) is 2.17. The average Bonchev–Trinajstić information content (AvgIpc) is 2.08. The maximum Gasteiger partial charge on any atom is 0.0465 e. The van der Waals surface area contributed by atoms with Crippen molar-refractivity contribution in [1.82, 2.24) is 0 Å². The van der Waals surface area contributed by atoms with E-state index in [2.05, 4.69) is 68.6 Å². The highest BCUT2D eigenvalue weighted by molar-refractivity contribution is 9.14. The van der Waals surface area contributed by atoms with Crippen LogP contribution in [-0.2, 0) is 0 Å². The largest absolute Gasteiger partial charge is 0.0493 e. The number of rotatable bonds is 0. The lowest BCUT2D eigenvalue weighted by Gasteiger charge is -2.11. The highest BCUT2D eigenvalue weighted by Gasteiger charge is 2.11. The second-order valence-electron chi connectivity index (χ2n) is 2.82. The molecule has 0 nitrogen and oxygen atoms in total. The van der Waals surface area contributed by atoms with Crippen LogP contribution in [0.4, 0.5) is 0 Å². The molecule has 0 aliphatic rings. The van der Waals surface area contributed by atoms with Crippen LogP contribution in [0.2, 0.25) is 0 Å². The van der Waals surface area contributed by atoms with Gasteiger partial charge in [0.25, 0.3) is 0 Å². The fourth-order valence-corrected chi connectivity index (χ4v) is 2.89. The van der Waals surface area contributed by atoms with Crippen molar-refractivity contribution in [2.24, 2.45) is 0 Å². The first-order chi connectivity index (χ1) is 5.46. The molecular formula is C9H9Br3. The summed E-state index contributed by atoms with van der Waals surface area (Å²) in [5, 5.41) is 0. The molecule has 0 unspecified atom stereocenters. The second-order valence-corrected chi connectivity index (χ2v) is 5.20. The summed E-state index contributed by atoms with van der Waals surface area (Å²) in [5.74, 6) is 0. The third-order valence-corrected chi connectivity index (χ3v) is 6.01. The van der Waals surface area contributed by atoms with Crippen LogP contribution in [0.3, 0.4) is 0 Å². The van der Waals surface area contributed by atoms with Gasteiger partial charge in [-0.05, 0) is 85.3 Å². The normalized spacial score (nSPS) is 10.5. The van der Waals surface area contributed by atoms with Crippen LogP contribution < -0.4 is 0 Å². The van der Waals surface area contributed by atoms with Crippen LogP contribution in [0.15, 0.2) is 13.4 Å². The van der Waals surface area contributed by atoms with E-state index in [1.807, 2.05) is 0 Å². The van der Waals surface area contributed by atoms with Gasteiger partial charge in [-0.3, -0.25) is 0 Å². The molecule has 0 saturated heterocycles. The number of hydrogen-bond acceptors (Lipinski definition) is 0. The number of benzene rings is 1. The Kier molecular flexibility index (Phi) is 3.41. The zero-order valence-electron chi connectivity index (χ0n) is 7.13. The van der Waals surface area contributed by atoms with Crippen molar-refractivity contribution in [3.05, 3.63) is 30.1 Å².